The van der Waals surface area contributed by atoms with Crippen LogP contribution in [0.15, 0.2) is 21.9 Å². The van der Waals surface area contributed by atoms with Crippen molar-refractivity contribution in [2.24, 2.45) is 0 Å². The van der Waals surface area contributed by atoms with Gasteiger partial charge in [-0.25, -0.2) is 4.98 Å². The van der Waals surface area contributed by atoms with E-state index in [-0.39, 0.29) is 0 Å². The summed E-state index contributed by atoms with van der Waals surface area (Å²) in [4.78, 5) is 4.12. The molecule has 5 heteroatoms. The van der Waals surface area contributed by atoms with E-state index in [4.69, 9.17) is 14.9 Å². The van der Waals surface area contributed by atoms with Crippen LogP contribution in [0, 0.1) is 0 Å². The Bertz CT molecular complexity index is 422. The van der Waals surface area contributed by atoms with Gasteiger partial charge in [0.2, 0.25) is 0 Å². The lowest BCUT2D eigenvalue weighted by Gasteiger charge is -1.92. The average molecular weight is 210 g/mol. The lowest BCUT2D eigenvalue weighted by molar-refractivity contribution is 0.165. The summed E-state index contributed by atoms with van der Waals surface area (Å²) in [6, 6.07) is 3.73. The molecular formula is C9H10N2O2S. The number of nitrogens with two attached hydrogens (primary N) is 1. The Kier molecular flexibility index (Phi) is 2.51. The number of rotatable bonds is 3. The SMILES string of the molecule is COCc1ccc(-c2csc(N)n2)o1. The predicted molar refractivity (Wildman–Crippen MR) is 54.9 cm³/mol. The third kappa shape index (κ3) is 1.78. The number of hydrogen-bond acceptors (Lipinski definition) is 5. The smallest absolute Gasteiger partial charge is 0.180 e. The molecule has 0 spiro atoms. The maximum atomic E-state index is 5.52. The summed E-state index contributed by atoms with van der Waals surface area (Å²) in [5.74, 6) is 1.51. The van der Waals surface area contributed by atoms with Crippen LogP contribution in [0.25, 0.3) is 11.5 Å². The zero-order chi connectivity index (χ0) is 9.97. The van der Waals surface area contributed by atoms with Crippen molar-refractivity contribution in [3.63, 3.8) is 0 Å². The summed E-state index contributed by atoms with van der Waals surface area (Å²) in [5.41, 5.74) is 6.30. The van der Waals surface area contributed by atoms with Crippen molar-refractivity contribution in [2.45, 2.75) is 6.61 Å². The summed E-state index contributed by atoms with van der Waals surface area (Å²) < 4.78 is 10.4. The first-order chi connectivity index (χ1) is 6.79. The van der Waals surface area contributed by atoms with Crippen LogP contribution in [0.3, 0.4) is 0 Å². The third-order valence-corrected chi connectivity index (χ3v) is 2.40. The molecule has 0 aliphatic heterocycles. The highest BCUT2D eigenvalue weighted by Gasteiger charge is 2.07. The minimum absolute atomic E-state index is 0.472. The Morgan fingerprint density at radius 1 is 1.57 bits per heavy atom. The van der Waals surface area contributed by atoms with Crippen molar-refractivity contribution < 1.29 is 9.15 Å². The van der Waals surface area contributed by atoms with E-state index in [9.17, 15) is 0 Å². The summed E-state index contributed by atoms with van der Waals surface area (Å²) in [6.07, 6.45) is 0. The van der Waals surface area contributed by atoms with Gasteiger partial charge < -0.3 is 14.9 Å². The van der Waals surface area contributed by atoms with Gasteiger partial charge in [0.1, 0.15) is 18.1 Å². The molecule has 0 atom stereocenters. The van der Waals surface area contributed by atoms with Gasteiger partial charge in [-0.05, 0) is 12.1 Å². The van der Waals surface area contributed by atoms with E-state index >= 15 is 0 Å². The van der Waals surface area contributed by atoms with Gasteiger partial charge >= 0.3 is 0 Å². The number of nitrogen functional groups attached to an aromatic ring is 1. The van der Waals surface area contributed by atoms with Crippen LogP contribution in [0.1, 0.15) is 5.76 Å². The number of furan rings is 1. The molecule has 2 heterocycles. The summed E-state index contributed by atoms with van der Waals surface area (Å²) in [5, 5.41) is 2.41. The van der Waals surface area contributed by atoms with Crippen molar-refractivity contribution in [1.29, 1.82) is 0 Å². The fourth-order valence-corrected chi connectivity index (χ4v) is 1.69. The molecule has 4 nitrogen and oxygen atoms in total. The Morgan fingerprint density at radius 3 is 3.07 bits per heavy atom. The largest absolute Gasteiger partial charge is 0.457 e. The van der Waals surface area contributed by atoms with Crippen LogP contribution in [-0.4, -0.2) is 12.1 Å². The highest BCUT2D eigenvalue weighted by Crippen LogP contribution is 2.25. The molecule has 2 aromatic rings. The predicted octanol–water partition coefficient (Wildman–Crippen LogP) is 2.13. The first-order valence-corrected chi connectivity index (χ1v) is 4.96. The number of aromatic nitrogens is 1. The van der Waals surface area contributed by atoms with Crippen LogP contribution in [0.4, 0.5) is 5.13 Å². The molecule has 0 radical (unpaired) electrons. The highest BCUT2D eigenvalue weighted by molar-refractivity contribution is 7.13. The van der Waals surface area contributed by atoms with E-state index in [0.29, 0.717) is 11.7 Å². The van der Waals surface area contributed by atoms with Gasteiger partial charge in [-0.2, -0.15) is 0 Å². The number of thiazole rings is 1. The molecule has 0 fully saturated rings. The molecule has 0 aliphatic rings. The van der Waals surface area contributed by atoms with E-state index in [1.165, 1.54) is 11.3 Å². The first kappa shape index (κ1) is 9.23. The Hall–Kier alpha value is -1.33. The van der Waals surface area contributed by atoms with Gasteiger partial charge in [0.05, 0.1) is 0 Å². The van der Waals surface area contributed by atoms with E-state index in [0.717, 1.165) is 17.2 Å². The fourth-order valence-electron chi connectivity index (χ4n) is 1.14. The molecule has 0 bridgehead atoms. The average Bonchev–Trinajstić information content (AvgIpc) is 2.74. The molecule has 74 valence electrons. The topological polar surface area (TPSA) is 61.3 Å². The van der Waals surface area contributed by atoms with Crippen molar-refractivity contribution in [3.05, 3.63) is 23.3 Å². The number of anilines is 1. The van der Waals surface area contributed by atoms with Gasteiger partial charge in [-0.3, -0.25) is 0 Å². The normalized spacial score (nSPS) is 10.6. The van der Waals surface area contributed by atoms with Gasteiger partial charge in [-0.15, -0.1) is 11.3 Å². The van der Waals surface area contributed by atoms with Crippen LogP contribution in [-0.2, 0) is 11.3 Å². The molecule has 0 unspecified atom stereocenters. The van der Waals surface area contributed by atoms with Crippen molar-refractivity contribution in [1.82, 2.24) is 4.98 Å². The highest BCUT2D eigenvalue weighted by atomic mass is 32.1. The van der Waals surface area contributed by atoms with E-state index in [2.05, 4.69) is 4.98 Å². The zero-order valence-corrected chi connectivity index (χ0v) is 8.50. The lowest BCUT2D eigenvalue weighted by atomic mass is 10.3. The Labute approximate surface area is 85.3 Å². The number of hydrogen-bond donors (Lipinski definition) is 1. The number of nitrogens with zero attached hydrogens (tertiary/aromatic N) is 1. The van der Waals surface area contributed by atoms with Crippen LogP contribution < -0.4 is 5.73 Å². The lowest BCUT2D eigenvalue weighted by Crippen LogP contribution is -1.83. The minimum atomic E-state index is 0.472. The quantitative estimate of drug-likeness (QED) is 0.843. The number of methoxy groups -OCH3 is 1. The fraction of sp³-hybridized carbons (Fsp3) is 0.222. The van der Waals surface area contributed by atoms with Gasteiger partial charge in [-0.1, -0.05) is 0 Å². The second-order valence-corrected chi connectivity index (χ2v) is 3.66. The third-order valence-electron chi connectivity index (χ3n) is 1.72. The Morgan fingerprint density at radius 2 is 2.43 bits per heavy atom. The number of ether oxygens (including phenoxy) is 1. The molecule has 0 aliphatic carbocycles. The molecule has 0 saturated carbocycles. The molecule has 14 heavy (non-hydrogen) atoms. The summed E-state index contributed by atoms with van der Waals surface area (Å²) in [6.45, 7) is 0.472. The summed E-state index contributed by atoms with van der Waals surface area (Å²) in [7, 11) is 1.63. The van der Waals surface area contributed by atoms with Gasteiger partial charge in [0.15, 0.2) is 10.9 Å². The van der Waals surface area contributed by atoms with Crippen LogP contribution >= 0.6 is 11.3 Å². The van der Waals surface area contributed by atoms with Crippen LogP contribution in [0.2, 0.25) is 0 Å². The summed E-state index contributed by atoms with van der Waals surface area (Å²) >= 11 is 1.40. The van der Waals surface area contributed by atoms with Gasteiger partial charge in [0.25, 0.3) is 0 Å². The molecular weight excluding hydrogens is 200 g/mol. The standard InChI is InChI=1S/C9H10N2O2S/c1-12-4-6-2-3-8(13-6)7-5-14-9(10)11-7/h2-3,5H,4H2,1H3,(H2,10,11). The molecule has 2 rings (SSSR count). The molecule has 0 saturated heterocycles. The van der Waals surface area contributed by atoms with Crippen LogP contribution in [0.5, 0.6) is 0 Å². The maximum Gasteiger partial charge on any atom is 0.180 e. The van der Waals surface area contributed by atoms with E-state index < -0.39 is 0 Å². The van der Waals surface area contributed by atoms with Crippen molar-refractivity contribution >= 4 is 16.5 Å². The van der Waals surface area contributed by atoms with Crippen molar-refractivity contribution in [3.8, 4) is 11.5 Å². The Balaban J connectivity index is 2.24. The minimum Gasteiger partial charge on any atom is -0.457 e. The second-order valence-electron chi connectivity index (χ2n) is 2.77. The molecule has 0 aromatic carbocycles. The first-order valence-electron chi connectivity index (χ1n) is 4.08. The maximum absolute atomic E-state index is 5.52. The van der Waals surface area contributed by atoms with E-state index in [1.54, 1.807) is 7.11 Å². The second kappa shape index (κ2) is 3.81. The van der Waals surface area contributed by atoms with Gasteiger partial charge in [0, 0.05) is 12.5 Å². The zero-order valence-electron chi connectivity index (χ0n) is 7.69. The molecule has 2 aromatic heterocycles. The van der Waals surface area contributed by atoms with Crippen molar-refractivity contribution in [2.75, 3.05) is 12.8 Å². The monoisotopic (exact) mass is 210 g/mol. The molecule has 2 N–H and O–H groups in total. The van der Waals surface area contributed by atoms with E-state index in [1.807, 2.05) is 17.5 Å². The molecule has 0 amide bonds.